The number of aromatic nitrogens is 3. The molecule has 23 heavy (non-hydrogen) atoms. The predicted molar refractivity (Wildman–Crippen MR) is 98.7 cm³/mol. The van der Waals surface area contributed by atoms with Gasteiger partial charge >= 0.3 is 0 Å². The first kappa shape index (κ1) is 16.6. The van der Waals surface area contributed by atoms with Crippen molar-refractivity contribution < 1.29 is 0 Å². The molecule has 3 rings (SSSR count). The smallest absolute Gasteiger partial charge is 0.151 e. The normalized spacial score (nSPS) is 14.3. The van der Waals surface area contributed by atoms with Gasteiger partial charge in [-0.2, -0.15) is 0 Å². The van der Waals surface area contributed by atoms with E-state index in [0.717, 1.165) is 42.9 Å². The van der Waals surface area contributed by atoms with Crippen LogP contribution in [-0.4, -0.2) is 27.3 Å². The number of hydrogen-bond acceptors (Lipinski definition) is 5. The first-order valence-corrected chi connectivity index (χ1v) is 9.69. The topological polar surface area (TPSA) is 68.8 Å². The number of hydrogen-bond donors (Lipinski definition) is 2. The molecule has 1 aliphatic carbocycles. The molecule has 126 valence electrons. The number of nitrogens with two attached hydrogens (primary N) is 1. The number of nitrogen functional groups attached to an aromatic ring is 1. The summed E-state index contributed by atoms with van der Waals surface area (Å²) in [6, 6.07) is 0. The highest BCUT2D eigenvalue weighted by atomic mass is 32.2. The van der Waals surface area contributed by atoms with E-state index in [1.54, 1.807) is 11.9 Å². The van der Waals surface area contributed by atoms with E-state index in [9.17, 15) is 0 Å². The number of nitrogens with zero attached hydrogens (tertiary/aromatic N) is 3. The highest BCUT2D eigenvalue weighted by molar-refractivity contribution is 7.97. The second-order valence-electron chi connectivity index (χ2n) is 6.12. The number of aryl methyl sites for hydroxylation is 4. The standard InChI is InChI=1S/C17H27N5S/c1-3-14-21-15-16(22(14)10-6-7-11-23-19-2)12-8-4-5-9-13(12)20-17(15)18/h19H,3-11H2,1-2H3,(H2,18,20). The largest absolute Gasteiger partial charge is 0.382 e. The lowest BCUT2D eigenvalue weighted by Gasteiger charge is -2.18. The molecule has 2 heterocycles. The summed E-state index contributed by atoms with van der Waals surface area (Å²) in [6.45, 7) is 3.20. The maximum Gasteiger partial charge on any atom is 0.151 e. The van der Waals surface area contributed by atoms with Crippen LogP contribution in [0.4, 0.5) is 5.82 Å². The number of imidazole rings is 1. The molecule has 0 fully saturated rings. The minimum Gasteiger partial charge on any atom is -0.382 e. The number of anilines is 1. The molecule has 0 aromatic carbocycles. The number of fused-ring (bicyclic) bond motifs is 3. The lowest BCUT2D eigenvalue weighted by atomic mass is 9.95. The molecule has 3 N–H and O–H groups in total. The fraction of sp³-hybridized carbons (Fsp3) is 0.647. The average Bonchev–Trinajstić information content (AvgIpc) is 2.94. The van der Waals surface area contributed by atoms with Crippen molar-refractivity contribution >= 4 is 28.8 Å². The molecule has 0 amide bonds. The maximum atomic E-state index is 6.21. The van der Waals surface area contributed by atoms with Crippen LogP contribution in [0.1, 0.15) is 49.7 Å². The van der Waals surface area contributed by atoms with Gasteiger partial charge in [0.25, 0.3) is 0 Å². The second kappa shape index (κ2) is 7.53. The van der Waals surface area contributed by atoms with E-state index in [-0.39, 0.29) is 0 Å². The van der Waals surface area contributed by atoms with Crippen LogP contribution in [0.3, 0.4) is 0 Å². The van der Waals surface area contributed by atoms with Crippen LogP contribution in [0.25, 0.3) is 11.0 Å². The molecule has 0 radical (unpaired) electrons. The van der Waals surface area contributed by atoms with Crippen LogP contribution in [-0.2, 0) is 25.8 Å². The van der Waals surface area contributed by atoms with Gasteiger partial charge in [0.2, 0.25) is 0 Å². The molecule has 0 aliphatic heterocycles. The quantitative estimate of drug-likeness (QED) is 0.602. The summed E-state index contributed by atoms with van der Waals surface area (Å²) in [7, 11) is 1.98. The molecule has 6 heteroatoms. The van der Waals surface area contributed by atoms with E-state index in [0.29, 0.717) is 5.82 Å². The van der Waals surface area contributed by atoms with E-state index >= 15 is 0 Å². The van der Waals surface area contributed by atoms with E-state index in [1.165, 1.54) is 42.5 Å². The van der Waals surface area contributed by atoms with E-state index in [4.69, 9.17) is 10.7 Å². The monoisotopic (exact) mass is 333 g/mol. The van der Waals surface area contributed by atoms with Gasteiger partial charge in [0.05, 0.1) is 5.52 Å². The van der Waals surface area contributed by atoms with Crippen molar-refractivity contribution in [3.05, 3.63) is 17.1 Å². The SMILES string of the molecule is CCc1nc2c(N)nc3c(c2n1CCCCSNC)CCCC3. The summed E-state index contributed by atoms with van der Waals surface area (Å²) in [5, 5.41) is 0. The van der Waals surface area contributed by atoms with Crippen LogP contribution >= 0.6 is 11.9 Å². The number of pyridine rings is 1. The van der Waals surface area contributed by atoms with Crippen molar-refractivity contribution in [2.75, 3.05) is 18.5 Å². The van der Waals surface area contributed by atoms with Crippen LogP contribution in [0.15, 0.2) is 0 Å². The summed E-state index contributed by atoms with van der Waals surface area (Å²) in [4.78, 5) is 9.45. The second-order valence-corrected chi connectivity index (χ2v) is 7.22. The maximum absolute atomic E-state index is 6.21. The molecule has 0 saturated heterocycles. The minimum atomic E-state index is 0.611. The van der Waals surface area contributed by atoms with Gasteiger partial charge in [0.1, 0.15) is 11.3 Å². The zero-order chi connectivity index (χ0) is 16.2. The predicted octanol–water partition coefficient (Wildman–Crippen LogP) is 3.10. The Hall–Kier alpha value is -1.27. The van der Waals surface area contributed by atoms with Gasteiger partial charge in [0.15, 0.2) is 5.82 Å². The zero-order valence-corrected chi connectivity index (χ0v) is 15.0. The molecule has 0 unspecified atom stereocenters. The van der Waals surface area contributed by atoms with Crippen LogP contribution in [0.2, 0.25) is 0 Å². The Morgan fingerprint density at radius 1 is 1.22 bits per heavy atom. The Morgan fingerprint density at radius 2 is 2.04 bits per heavy atom. The van der Waals surface area contributed by atoms with Gasteiger partial charge in [-0.05, 0) is 51.1 Å². The van der Waals surface area contributed by atoms with Crippen molar-refractivity contribution in [1.82, 2.24) is 19.3 Å². The van der Waals surface area contributed by atoms with Crippen molar-refractivity contribution in [2.24, 2.45) is 0 Å². The van der Waals surface area contributed by atoms with Crippen molar-refractivity contribution in [3.63, 3.8) is 0 Å². The number of unbranched alkanes of at least 4 members (excludes halogenated alkanes) is 1. The molecular formula is C17H27N5S. The number of nitrogens with one attached hydrogen (secondary N) is 1. The minimum absolute atomic E-state index is 0.611. The van der Waals surface area contributed by atoms with Crippen molar-refractivity contribution in [1.29, 1.82) is 0 Å². The zero-order valence-electron chi connectivity index (χ0n) is 14.2. The fourth-order valence-electron chi connectivity index (χ4n) is 3.51. The van der Waals surface area contributed by atoms with Crippen LogP contribution in [0.5, 0.6) is 0 Å². The van der Waals surface area contributed by atoms with Gasteiger partial charge in [-0.15, -0.1) is 0 Å². The highest BCUT2D eigenvalue weighted by Crippen LogP contribution is 2.31. The molecule has 5 nitrogen and oxygen atoms in total. The van der Waals surface area contributed by atoms with Gasteiger partial charge in [-0.25, -0.2) is 9.97 Å². The Morgan fingerprint density at radius 3 is 2.83 bits per heavy atom. The Bertz CT molecular complexity index is 679. The third-order valence-electron chi connectivity index (χ3n) is 4.61. The Balaban J connectivity index is 1.95. The van der Waals surface area contributed by atoms with E-state index in [2.05, 4.69) is 21.2 Å². The Kier molecular flexibility index (Phi) is 5.43. The molecule has 0 atom stereocenters. The van der Waals surface area contributed by atoms with Crippen LogP contribution in [0, 0.1) is 0 Å². The van der Waals surface area contributed by atoms with E-state index in [1.807, 2.05) is 7.05 Å². The summed E-state index contributed by atoms with van der Waals surface area (Å²) < 4.78 is 5.55. The van der Waals surface area contributed by atoms with E-state index < -0.39 is 0 Å². The first-order valence-electron chi connectivity index (χ1n) is 8.71. The molecule has 0 bridgehead atoms. The number of rotatable bonds is 7. The van der Waals surface area contributed by atoms with Crippen LogP contribution < -0.4 is 10.5 Å². The third-order valence-corrected chi connectivity index (χ3v) is 5.39. The molecule has 2 aromatic heterocycles. The summed E-state index contributed by atoms with van der Waals surface area (Å²) >= 11 is 1.78. The molecule has 2 aromatic rings. The molecule has 1 aliphatic rings. The first-order chi connectivity index (χ1) is 11.3. The average molecular weight is 334 g/mol. The lowest BCUT2D eigenvalue weighted by molar-refractivity contribution is 0.615. The summed E-state index contributed by atoms with van der Waals surface area (Å²) in [6.07, 6.45) is 7.96. The van der Waals surface area contributed by atoms with Gasteiger partial charge in [-0.1, -0.05) is 18.9 Å². The van der Waals surface area contributed by atoms with Gasteiger partial charge in [0, 0.05) is 24.4 Å². The molecule has 0 spiro atoms. The molecule has 0 saturated carbocycles. The van der Waals surface area contributed by atoms with Gasteiger partial charge < -0.3 is 10.3 Å². The molecular weight excluding hydrogens is 306 g/mol. The summed E-state index contributed by atoms with van der Waals surface area (Å²) in [5.74, 6) is 2.90. The summed E-state index contributed by atoms with van der Waals surface area (Å²) in [5.41, 5.74) is 11.0. The highest BCUT2D eigenvalue weighted by Gasteiger charge is 2.21. The van der Waals surface area contributed by atoms with Crippen molar-refractivity contribution in [3.8, 4) is 0 Å². The van der Waals surface area contributed by atoms with Gasteiger partial charge in [-0.3, -0.25) is 4.72 Å². The fourth-order valence-corrected chi connectivity index (χ4v) is 4.06. The third kappa shape index (κ3) is 3.33. The lowest BCUT2D eigenvalue weighted by Crippen LogP contribution is -2.11. The van der Waals surface area contributed by atoms with Crippen molar-refractivity contribution in [2.45, 2.75) is 58.4 Å². The Labute approximate surface area is 142 Å².